The molecule has 35 heavy (non-hydrogen) atoms. The Bertz CT molecular complexity index is 1270. The van der Waals surface area contributed by atoms with Gasteiger partial charge in [-0.3, -0.25) is 4.79 Å². The van der Waals surface area contributed by atoms with Crippen LogP contribution in [0.4, 0.5) is 0 Å². The van der Waals surface area contributed by atoms with Crippen LogP contribution in [0.25, 0.3) is 0 Å². The smallest absolute Gasteiger partial charge is 0.281 e. The lowest BCUT2D eigenvalue weighted by Crippen LogP contribution is -2.43. The number of halogens is 1. The molecule has 0 saturated carbocycles. The number of hydrogen-bond acceptors (Lipinski definition) is 4. The van der Waals surface area contributed by atoms with E-state index in [2.05, 4.69) is 26.5 Å². The van der Waals surface area contributed by atoms with E-state index >= 15 is 0 Å². The largest absolute Gasteiger partial charge is 0.488 e. The van der Waals surface area contributed by atoms with Gasteiger partial charge in [0, 0.05) is 10.0 Å². The quantitative estimate of drug-likeness (QED) is 0.227. The van der Waals surface area contributed by atoms with E-state index in [9.17, 15) is 9.90 Å². The molecular weight excluding hydrogens is 504 g/mol. The van der Waals surface area contributed by atoms with Crippen LogP contribution in [0.3, 0.4) is 0 Å². The number of aliphatic hydroxyl groups is 1. The van der Waals surface area contributed by atoms with E-state index in [1.165, 1.54) is 11.8 Å². The number of carbonyl (C=O) groups is 1. The van der Waals surface area contributed by atoms with Crippen molar-refractivity contribution in [3.63, 3.8) is 0 Å². The van der Waals surface area contributed by atoms with Crippen LogP contribution >= 0.6 is 15.9 Å². The van der Waals surface area contributed by atoms with E-state index in [0.717, 1.165) is 10.0 Å². The fourth-order valence-corrected chi connectivity index (χ4v) is 4.00. The Labute approximate surface area is 213 Å². The predicted molar refractivity (Wildman–Crippen MR) is 141 cm³/mol. The molecule has 0 atom stereocenters. The van der Waals surface area contributed by atoms with Crippen LogP contribution in [0.5, 0.6) is 5.75 Å². The van der Waals surface area contributed by atoms with Crippen molar-refractivity contribution in [3.8, 4) is 5.75 Å². The van der Waals surface area contributed by atoms with Gasteiger partial charge in [0.1, 0.15) is 12.4 Å². The highest BCUT2D eigenvalue weighted by Gasteiger charge is 2.39. The number of hydrogen-bond donors (Lipinski definition) is 2. The average Bonchev–Trinajstić information content (AvgIpc) is 2.89. The summed E-state index contributed by atoms with van der Waals surface area (Å²) in [5, 5.41) is 15.7. The molecule has 1 amide bonds. The summed E-state index contributed by atoms with van der Waals surface area (Å²) in [6, 6.07) is 31.3. The molecule has 0 bridgehead atoms. The van der Waals surface area contributed by atoms with Crippen LogP contribution < -0.4 is 10.2 Å². The highest BCUT2D eigenvalue weighted by molar-refractivity contribution is 9.10. The van der Waals surface area contributed by atoms with Crippen LogP contribution in [0.2, 0.25) is 0 Å². The number of nitrogens with one attached hydrogen (secondary N) is 1. The molecule has 0 aliphatic heterocycles. The third-order valence-corrected chi connectivity index (χ3v) is 6.06. The van der Waals surface area contributed by atoms with E-state index in [1.807, 2.05) is 61.5 Å². The Kier molecular flexibility index (Phi) is 7.75. The highest BCUT2D eigenvalue weighted by atomic mass is 79.9. The highest BCUT2D eigenvalue weighted by Crippen LogP contribution is 2.30. The second kappa shape index (κ2) is 11.1. The van der Waals surface area contributed by atoms with Crippen molar-refractivity contribution >= 4 is 28.1 Å². The van der Waals surface area contributed by atoms with Crippen molar-refractivity contribution in [2.24, 2.45) is 5.10 Å². The lowest BCUT2D eigenvalue weighted by atomic mass is 9.85. The van der Waals surface area contributed by atoms with Crippen LogP contribution in [0.1, 0.15) is 27.8 Å². The van der Waals surface area contributed by atoms with Gasteiger partial charge in [-0.05, 0) is 41.8 Å². The van der Waals surface area contributed by atoms with E-state index in [-0.39, 0.29) is 0 Å². The first-order valence-electron chi connectivity index (χ1n) is 11.1. The van der Waals surface area contributed by atoms with E-state index in [4.69, 9.17) is 4.74 Å². The molecule has 0 radical (unpaired) electrons. The second-order valence-corrected chi connectivity index (χ2v) is 9.01. The van der Waals surface area contributed by atoms with Gasteiger partial charge in [-0.2, -0.15) is 5.10 Å². The van der Waals surface area contributed by atoms with E-state index in [0.29, 0.717) is 29.0 Å². The zero-order chi connectivity index (χ0) is 24.7. The van der Waals surface area contributed by atoms with Crippen LogP contribution in [0, 0.1) is 6.92 Å². The minimum Gasteiger partial charge on any atom is -0.488 e. The predicted octanol–water partition coefficient (Wildman–Crippen LogP) is 5.72. The van der Waals surface area contributed by atoms with Gasteiger partial charge in [0.2, 0.25) is 0 Å². The fraction of sp³-hybridized carbons (Fsp3) is 0.103. The number of carbonyl (C=O) groups excluding carboxylic acids is 1. The van der Waals surface area contributed by atoms with Crippen molar-refractivity contribution < 1.29 is 14.6 Å². The minimum absolute atomic E-state index is 0.400. The first-order chi connectivity index (χ1) is 17.0. The molecule has 0 fully saturated rings. The summed E-state index contributed by atoms with van der Waals surface area (Å²) in [6.07, 6.45) is 1.50. The summed E-state index contributed by atoms with van der Waals surface area (Å²) in [6.45, 7) is 2.44. The molecule has 0 unspecified atom stereocenters. The standard InChI is InChI=1S/C29H25BrN2O3/c1-21-12-14-22(15-13-21)20-35-27-17-16-26(30)18-23(27)19-31-32-28(33)29(34,24-8-4-2-5-9-24)25-10-6-3-7-11-25/h2-19,34H,20H2,1H3,(H,32,33)/b31-19-. The van der Waals surface area contributed by atoms with Gasteiger partial charge in [0.15, 0.2) is 5.60 Å². The van der Waals surface area contributed by atoms with Crippen molar-refractivity contribution in [1.29, 1.82) is 0 Å². The normalized spacial score (nSPS) is 11.4. The Morgan fingerprint density at radius 3 is 2.14 bits per heavy atom. The molecular formula is C29H25BrN2O3. The van der Waals surface area contributed by atoms with Crippen molar-refractivity contribution in [1.82, 2.24) is 5.43 Å². The van der Waals surface area contributed by atoms with Gasteiger partial charge >= 0.3 is 0 Å². The van der Waals surface area contributed by atoms with Gasteiger partial charge in [0.05, 0.1) is 6.21 Å². The number of nitrogens with zero attached hydrogens (tertiary/aromatic N) is 1. The lowest BCUT2D eigenvalue weighted by Gasteiger charge is -2.27. The summed E-state index contributed by atoms with van der Waals surface area (Å²) in [4.78, 5) is 13.2. The lowest BCUT2D eigenvalue weighted by molar-refractivity contribution is -0.136. The molecule has 0 heterocycles. The third-order valence-electron chi connectivity index (χ3n) is 5.57. The summed E-state index contributed by atoms with van der Waals surface area (Å²) < 4.78 is 6.85. The minimum atomic E-state index is -1.90. The molecule has 2 N–H and O–H groups in total. The van der Waals surface area contributed by atoms with E-state index in [1.54, 1.807) is 48.5 Å². The Morgan fingerprint density at radius 2 is 1.54 bits per heavy atom. The first-order valence-corrected chi connectivity index (χ1v) is 11.9. The number of rotatable bonds is 8. The second-order valence-electron chi connectivity index (χ2n) is 8.10. The molecule has 5 nitrogen and oxygen atoms in total. The van der Waals surface area contributed by atoms with Gasteiger partial charge in [-0.15, -0.1) is 0 Å². The summed E-state index contributed by atoms with van der Waals surface area (Å²) >= 11 is 3.47. The third kappa shape index (κ3) is 5.85. The maximum atomic E-state index is 13.2. The molecule has 0 aliphatic rings. The Balaban J connectivity index is 1.54. The number of benzene rings is 4. The number of amides is 1. The van der Waals surface area contributed by atoms with Crippen molar-refractivity contribution in [2.45, 2.75) is 19.1 Å². The van der Waals surface area contributed by atoms with Gasteiger partial charge in [-0.1, -0.05) is 106 Å². The maximum Gasteiger partial charge on any atom is 0.281 e. The SMILES string of the molecule is Cc1ccc(COc2ccc(Br)cc2/C=N\NC(=O)C(O)(c2ccccc2)c2ccccc2)cc1. The first kappa shape index (κ1) is 24.4. The number of hydrazone groups is 1. The Morgan fingerprint density at radius 1 is 0.943 bits per heavy atom. The molecule has 4 aromatic carbocycles. The summed E-state index contributed by atoms with van der Waals surface area (Å²) in [5.74, 6) is -0.0450. The zero-order valence-corrected chi connectivity index (χ0v) is 20.8. The van der Waals surface area contributed by atoms with Crippen LogP contribution in [0.15, 0.2) is 113 Å². The van der Waals surface area contributed by atoms with Crippen LogP contribution in [-0.2, 0) is 17.0 Å². The summed E-state index contributed by atoms with van der Waals surface area (Å²) in [5.41, 5.74) is 4.41. The number of ether oxygens (including phenoxy) is 1. The molecule has 6 heteroatoms. The molecule has 4 aromatic rings. The molecule has 0 aromatic heterocycles. The molecule has 0 aliphatic carbocycles. The van der Waals surface area contributed by atoms with Crippen molar-refractivity contribution in [2.75, 3.05) is 0 Å². The van der Waals surface area contributed by atoms with E-state index < -0.39 is 11.5 Å². The number of aryl methyl sites for hydroxylation is 1. The molecule has 176 valence electrons. The van der Waals surface area contributed by atoms with Gasteiger partial charge in [-0.25, -0.2) is 5.43 Å². The topological polar surface area (TPSA) is 70.9 Å². The monoisotopic (exact) mass is 528 g/mol. The maximum absolute atomic E-state index is 13.2. The fourth-order valence-electron chi connectivity index (χ4n) is 3.63. The average molecular weight is 529 g/mol. The Hall–Kier alpha value is -3.74. The zero-order valence-electron chi connectivity index (χ0n) is 19.2. The molecule has 0 spiro atoms. The van der Waals surface area contributed by atoms with Crippen LogP contribution in [-0.4, -0.2) is 17.2 Å². The molecule has 0 saturated heterocycles. The summed E-state index contributed by atoms with van der Waals surface area (Å²) in [7, 11) is 0. The van der Waals surface area contributed by atoms with Gasteiger partial charge < -0.3 is 9.84 Å². The van der Waals surface area contributed by atoms with Gasteiger partial charge in [0.25, 0.3) is 5.91 Å². The van der Waals surface area contributed by atoms with Crippen molar-refractivity contribution in [3.05, 3.63) is 135 Å². The molecule has 4 rings (SSSR count).